The maximum absolute atomic E-state index is 12.2. The SMILES string of the molecule is CCC(C)[C@H](NC(=O)N1CCN(CC(C)C)CC1)C(=O)O. The summed E-state index contributed by atoms with van der Waals surface area (Å²) in [6, 6.07) is -1.07. The van der Waals surface area contributed by atoms with E-state index in [1.165, 1.54) is 0 Å². The van der Waals surface area contributed by atoms with E-state index in [0.717, 1.165) is 26.1 Å². The lowest BCUT2D eigenvalue weighted by Crippen LogP contribution is -2.56. The summed E-state index contributed by atoms with van der Waals surface area (Å²) in [7, 11) is 0. The molecule has 1 rings (SSSR count). The van der Waals surface area contributed by atoms with Gasteiger partial charge in [-0.05, 0) is 11.8 Å². The molecule has 0 aliphatic carbocycles. The molecule has 1 aliphatic heterocycles. The minimum absolute atomic E-state index is 0.0753. The van der Waals surface area contributed by atoms with E-state index >= 15 is 0 Å². The molecule has 0 bridgehead atoms. The van der Waals surface area contributed by atoms with Crippen molar-refractivity contribution >= 4 is 12.0 Å². The summed E-state index contributed by atoms with van der Waals surface area (Å²) in [5, 5.41) is 11.9. The minimum atomic E-state index is -0.962. The van der Waals surface area contributed by atoms with Gasteiger partial charge in [-0.1, -0.05) is 34.1 Å². The first-order chi connectivity index (χ1) is 9.85. The first kappa shape index (κ1) is 17.8. The van der Waals surface area contributed by atoms with Crippen molar-refractivity contribution < 1.29 is 14.7 Å². The number of nitrogens with one attached hydrogen (secondary N) is 1. The van der Waals surface area contributed by atoms with Crippen LogP contribution in [0.25, 0.3) is 0 Å². The maximum Gasteiger partial charge on any atom is 0.326 e. The maximum atomic E-state index is 12.2. The molecule has 1 fully saturated rings. The molecule has 0 aromatic heterocycles. The van der Waals surface area contributed by atoms with Gasteiger partial charge < -0.3 is 15.3 Å². The van der Waals surface area contributed by atoms with E-state index in [0.29, 0.717) is 19.0 Å². The smallest absolute Gasteiger partial charge is 0.326 e. The van der Waals surface area contributed by atoms with E-state index in [1.54, 1.807) is 4.90 Å². The van der Waals surface area contributed by atoms with Crippen LogP contribution in [0.1, 0.15) is 34.1 Å². The number of amides is 2. The summed E-state index contributed by atoms with van der Waals surface area (Å²) in [4.78, 5) is 27.5. The van der Waals surface area contributed by atoms with Crippen LogP contribution in [-0.4, -0.2) is 65.7 Å². The highest BCUT2D eigenvalue weighted by Gasteiger charge is 2.28. The highest BCUT2D eigenvalue weighted by Crippen LogP contribution is 2.10. The predicted octanol–water partition coefficient (Wildman–Crippen LogP) is 1.47. The van der Waals surface area contributed by atoms with Gasteiger partial charge in [-0.2, -0.15) is 0 Å². The van der Waals surface area contributed by atoms with Crippen molar-refractivity contribution in [2.75, 3.05) is 32.7 Å². The van der Waals surface area contributed by atoms with Gasteiger partial charge in [0.1, 0.15) is 6.04 Å². The number of carbonyl (C=O) groups is 2. The van der Waals surface area contributed by atoms with Crippen LogP contribution < -0.4 is 5.32 Å². The average Bonchev–Trinajstić information content (AvgIpc) is 2.43. The van der Waals surface area contributed by atoms with Crippen LogP contribution in [0, 0.1) is 11.8 Å². The Balaban J connectivity index is 2.48. The van der Waals surface area contributed by atoms with Gasteiger partial charge in [0, 0.05) is 32.7 Å². The van der Waals surface area contributed by atoms with Crippen molar-refractivity contribution in [3.8, 4) is 0 Å². The molecule has 21 heavy (non-hydrogen) atoms. The zero-order chi connectivity index (χ0) is 16.0. The highest BCUT2D eigenvalue weighted by atomic mass is 16.4. The van der Waals surface area contributed by atoms with Crippen molar-refractivity contribution in [1.29, 1.82) is 0 Å². The van der Waals surface area contributed by atoms with Gasteiger partial charge in [0.2, 0.25) is 0 Å². The Morgan fingerprint density at radius 1 is 1.14 bits per heavy atom. The number of urea groups is 1. The minimum Gasteiger partial charge on any atom is -0.480 e. The number of hydrogen-bond acceptors (Lipinski definition) is 3. The fraction of sp³-hybridized carbons (Fsp3) is 0.867. The molecule has 122 valence electrons. The Labute approximate surface area is 127 Å². The number of hydrogen-bond donors (Lipinski definition) is 2. The summed E-state index contributed by atoms with van der Waals surface area (Å²) in [5.41, 5.74) is 0. The second-order valence-corrected chi connectivity index (χ2v) is 6.33. The molecule has 1 aliphatic rings. The van der Waals surface area contributed by atoms with E-state index in [2.05, 4.69) is 24.1 Å². The molecular formula is C15H29N3O3. The lowest BCUT2D eigenvalue weighted by atomic mass is 9.99. The monoisotopic (exact) mass is 299 g/mol. The van der Waals surface area contributed by atoms with E-state index in [-0.39, 0.29) is 11.9 Å². The van der Waals surface area contributed by atoms with Gasteiger partial charge in [-0.25, -0.2) is 9.59 Å². The summed E-state index contributed by atoms with van der Waals surface area (Å²) in [5.74, 6) is -0.419. The molecule has 1 saturated heterocycles. The number of rotatable bonds is 6. The van der Waals surface area contributed by atoms with Gasteiger partial charge in [0.05, 0.1) is 0 Å². The first-order valence-electron chi connectivity index (χ1n) is 7.85. The van der Waals surface area contributed by atoms with Crippen LogP contribution in [0.4, 0.5) is 4.79 Å². The Morgan fingerprint density at radius 3 is 2.14 bits per heavy atom. The third kappa shape index (κ3) is 5.53. The van der Waals surface area contributed by atoms with Crippen molar-refractivity contribution in [3.63, 3.8) is 0 Å². The Kier molecular flexibility index (Phi) is 6.95. The topological polar surface area (TPSA) is 72.9 Å². The number of carbonyl (C=O) groups excluding carboxylic acids is 1. The van der Waals surface area contributed by atoms with Crippen molar-refractivity contribution in [2.24, 2.45) is 11.8 Å². The Bertz CT molecular complexity index is 352. The molecule has 0 saturated carbocycles. The van der Waals surface area contributed by atoms with Crippen LogP contribution in [0.15, 0.2) is 0 Å². The number of piperazine rings is 1. The van der Waals surface area contributed by atoms with E-state index in [9.17, 15) is 14.7 Å². The standard InChI is InChI=1S/C15H29N3O3/c1-5-12(4)13(14(19)20)16-15(21)18-8-6-17(7-9-18)10-11(2)3/h11-13H,5-10H2,1-4H3,(H,16,21)(H,19,20)/t12?,13-/m0/s1. The second-order valence-electron chi connectivity index (χ2n) is 6.33. The normalized spacial score (nSPS) is 19.4. The number of aliphatic carboxylic acids is 1. The zero-order valence-electron chi connectivity index (χ0n) is 13.6. The lowest BCUT2D eigenvalue weighted by Gasteiger charge is -2.36. The fourth-order valence-corrected chi connectivity index (χ4v) is 2.56. The summed E-state index contributed by atoms with van der Waals surface area (Å²) in [6.45, 7) is 12.2. The number of carboxylic acids is 1. The van der Waals surface area contributed by atoms with Gasteiger partial charge in [-0.3, -0.25) is 4.90 Å². The highest BCUT2D eigenvalue weighted by molar-refractivity contribution is 5.82. The van der Waals surface area contributed by atoms with Gasteiger partial charge in [0.15, 0.2) is 0 Å². The van der Waals surface area contributed by atoms with Crippen LogP contribution in [-0.2, 0) is 4.79 Å². The van der Waals surface area contributed by atoms with Crippen LogP contribution in [0.5, 0.6) is 0 Å². The summed E-state index contributed by atoms with van der Waals surface area (Å²) >= 11 is 0. The molecule has 0 spiro atoms. The van der Waals surface area contributed by atoms with Crippen LogP contribution >= 0.6 is 0 Å². The Morgan fingerprint density at radius 2 is 1.71 bits per heavy atom. The molecule has 0 radical (unpaired) electrons. The van der Waals surface area contributed by atoms with E-state index < -0.39 is 12.0 Å². The zero-order valence-corrected chi connectivity index (χ0v) is 13.6. The molecule has 6 nitrogen and oxygen atoms in total. The van der Waals surface area contributed by atoms with Crippen molar-refractivity contribution in [2.45, 2.75) is 40.2 Å². The predicted molar refractivity (Wildman–Crippen MR) is 82.3 cm³/mol. The first-order valence-corrected chi connectivity index (χ1v) is 7.85. The Hall–Kier alpha value is -1.30. The van der Waals surface area contributed by atoms with Gasteiger partial charge in [-0.15, -0.1) is 0 Å². The van der Waals surface area contributed by atoms with E-state index in [4.69, 9.17) is 0 Å². The second kappa shape index (κ2) is 8.22. The quantitative estimate of drug-likeness (QED) is 0.779. The number of carboxylic acid groups (broad SMARTS) is 1. The molecule has 0 aromatic rings. The number of nitrogens with zero attached hydrogens (tertiary/aromatic N) is 2. The lowest BCUT2D eigenvalue weighted by molar-refractivity contribution is -0.140. The molecule has 2 amide bonds. The molecule has 0 aromatic carbocycles. The van der Waals surface area contributed by atoms with Crippen LogP contribution in [0.2, 0.25) is 0 Å². The fourth-order valence-electron chi connectivity index (χ4n) is 2.56. The molecule has 2 atom stereocenters. The van der Waals surface area contributed by atoms with Gasteiger partial charge >= 0.3 is 12.0 Å². The summed E-state index contributed by atoms with van der Waals surface area (Å²) in [6.07, 6.45) is 0.722. The third-order valence-electron chi connectivity index (χ3n) is 4.04. The molecular weight excluding hydrogens is 270 g/mol. The van der Waals surface area contributed by atoms with Crippen molar-refractivity contribution in [1.82, 2.24) is 15.1 Å². The van der Waals surface area contributed by atoms with Crippen LogP contribution in [0.3, 0.4) is 0 Å². The van der Waals surface area contributed by atoms with E-state index in [1.807, 2.05) is 13.8 Å². The van der Waals surface area contributed by atoms with Crippen molar-refractivity contribution in [3.05, 3.63) is 0 Å². The largest absolute Gasteiger partial charge is 0.480 e. The molecule has 2 N–H and O–H groups in total. The molecule has 6 heteroatoms. The molecule has 1 unspecified atom stereocenters. The summed E-state index contributed by atoms with van der Waals surface area (Å²) < 4.78 is 0. The molecule has 1 heterocycles. The van der Waals surface area contributed by atoms with Gasteiger partial charge in [0.25, 0.3) is 0 Å². The third-order valence-corrected chi connectivity index (χ3v) is 4.04. The average molecular weight is 299 g/mol.